The highest BCUT2D eigenvalue weighted by molar-refractivity contribution is 5.76. The molecular weight excluding hydrogens is 178 g/mol. The minimum Gasteiger partial charge on any atom is -0.396 e. The van der Waals surface area contributed by atoms with E-state index in [9.17, 15) is 4.79 Å². The highest BCUT2D eigenvalue weighted by Gasteiger charge is 2.22. The number of hydrogen-bond donors (Lipinski definition) is 1. The van der Waals surface area contributed by atoms with Crippen molar-refractivity contribution in [1.29, 1.82) is 0 Å². The van der Waals surface area contributed by atoms with E-state index in [1.165, 1.54) is 25.7 Å². The van der Waals surface area contributed by atoms with Crippen LogP contribution in [0.5, 0.6) is 0 Å². The second kappa shape index (κ2) is 6.02. The molecule has 14 heavy (non-hydrogen) atoms. The summed E-state index contributed by atoms with van der Waals surface area (Å²) < 4.78 is 0. The number of amides is 1. The molecule has 1 saturated carbocycles. The van der Waals surface area contributed by atoms with Crippen LogP contribution in [0.4, 0.5) is 0 Å². The van der Waals surface area contributed by atoms with Gasteiger partial charge in [0.1, 0.15) is 0 Å². The molecule has 0 spiro atoms. The highest BCUT2D eigenvalue weighted by atomic mass is 16.3. The average molecular weight is 199 g/mol. The average Bonchev–Trinajstić information content (AvgIpc) is 2.69. The Bertz CT molecular complexity index is 176. The monoisotopic (exact) mass is 199 g/mol. The molecule has 0 aromatic carbocycles. The van der Waals surface area contributed by atoms with E-state index in [0.717, 1.165) is 12.8 Å². The summed E-state index contributed by atoms with van der Waals surface area (Å²) in [5.74, 6) is 0.241. The molecule has 0 saturated heterocycles. The number of carbonyl (C=O) groups is 1. The lowest BCUT2D eigenvalue weighted by Crippen LogP contribution is -2.34. The molecule has 3 nitrogen and oxygen atoms in total. The van der Waals surface area contributed by atoms with Crippen LogP contribution in [0.2, 0.25) is 0 Å². The molecule has 1 fully saturated rings. The van der Waals surface area contributed by atoms with Crippen LogP contribution in [0, 0.1) is 0 Å². The van der Waals surface area contributed by atoms with Crippen molar-refractivity contribution in [3.63, 3.8) is 0 Å². The van der Waals surface area contributed by atoms with E-state index in [2.05, 4.69) is 0 Å². The lowest BCUT2D eigenvalue weighted by atomic mass is 10.2. The van der Waals surface area contributed by atoms with Gasteiger partial charge in [-0.3, -0.25) is 4.79 Å². The second-order valence-electron chi connectivity index (χ2n) is 4.12. The molecule has 82 valence electrons. The van der Waals surface area contributed by atoms with Gasteiger partial charge in [-0.2, -0.15) is 0 Å². The summed E-state index contributed by atoms with van der Waals surface area (Å²) in [6, 6.07) is 0.483. The number of aliphatic hydroxyl groups is 1. The van der Waals surface area contributed by atoms with Crippen LogP contribution in [0.3, 0.4) is 0 Å². The fraction of sp³-hybridized carbons (Fsp3) is 0.909. The summed E-state index contributed by atoms with van der Waals surface area (Å²) in [5, 5.41) is 8.60. The van der Waals surface area contributed by atoms with Gasteiger partial charge in [-0.1, -0.05) is 12.8 Å². The number of aliphatic hydroxyl groups excluding tert-OH is 1. The van der Waals surface area contributed by atoms with Crippen LogP contribution in [-0.4, -0.2) is 35.6 Å². The van der Waals surface area contributed by atoms with Gasteiger partial charge in [-0.25, -0.2) is 0 Å². The Hall–Kier alpha value is -0.570. The van der Waals surface area contributed by atoms with E-state index in [0.29, 0.717) is 12.5 Å². The first-order valence-electron chi connectivity index (χ1n) is 5.62. The molecule has 1 rings (SSSR count). The summed E-state index contributed by atoms with van der Waals surface area (Å²) >= 11 is 0. The molecule has 0 radical (unpaired) electrons. The SMILES string of the molecule is CN(C(=O)CCCCO)C1CCCC1. The van der Waals surface area contributed by atoms with Gasteiger partial charge < -0.3 is 10.0 Å². The Kier molecular flexibility index (Phi) is 4.94. The lowest BCUT2D eigenvalue weighted by molar-refractivity contribution is -0.132. The zero-order valence-corrected chi connectivity index (χ0v) is 9.04. The van der Waals surface area contributed by atoms with Gasteiger partial charge >= 0.3 is 0 Å². The second-order valence-corrected chi connectivity index (χ2v) is 4.12. The number of carbonyl (C=O) groups excluding carboxylic acids is 1. The molecule has 0 heterocycles. The van der Waals surface area contributed by atoms with E-state index in [4.69, 9.17) is 5.11 Å². The number of hydrogen-bond acceptors (Lipinski definition) is 2. The Morgan fingerprint density at radius 2 is 2.00 bits per heavy atom. The Morgan fingerprint density at radius 1 is 1.36 bits per heavy atom. The van der Waals surface area contributed by atoms with Crippen molar-refractivity contribution in [1.82, 2.24) is 4.90 Å². The molecule has 0 aromatic heterocycles. The number of nitrogens with zero attached hydrogens (tertiary/aromatic N) is 1. The molecule has 1 aliphatic rings. The summed E-state index contributed by atoms with van der Waals surface area (Å²) in [6.07, 6.45) is 7.01. The predicted octanol–water partition coefficient (Wildman–Crippen LogP) is 1.55. The van der Waals surface area contributed by atoms with E-state index in [-0.39, 0.29) is 12.5 Å². The summed E-state index contributed by atoms with van der Waals surface area (Å²) in [5.41, 5.74) is 0. The first kappa shape index (κ1) is 11.5. The lowest BCUT2D eigenvalue weighted by Gasteiger charge is -2.24. The van der Waals surface area contributed by atoms with Crippen LogP contribution in [0.25, 0.3) is 0 Å². The van der Waals surface area contributed by atoms with Gasteiger partial charge in [0, 0.05) is 26.1 Å². The van der Waals surface area contributed by atoms with Crippen LogP contribution in [-0.2, 0) is 4.79 Å². The molecule has 0 bridgehead atoms. The van der Waals surface area contributed by atoms with Crippen molar-refractivity contribution in [2.24, 2.45) is 0 Å². The van der Waals surface area contributed by atoms with Crippen LogP contribution in [0.1, 0.15) is 44.9 Å². The van der Waals surface area contributed by atoms with Crippen LogP contribution >= 0.6 is 0 Å². The van der Waals surface area contributed by atoms with E-state index >= 15 is 0 Å². The first-order chi connectivity index (χ1) is 6.75. The zero-order valence-electron chi connectivity index (χ0n) is 9.04. The standard InChI is InChI=1S/C11H21NO2/c1-12(10-6-2-3-7-10)11(14)8-4-5-9-13/h10,13H,2-9H2,1H3. The van der Waals surface area contributed by atoms with Crippen molar-refractivity contribution in [2.75, 3.05) is 13.7 Å². The fourth-order valence-corrected chi connectivity index (χ4v) is 2.06. The normalized spacial score (nSPS) is 17.3. The number of rotatable bonds is 5. The Labute approximate surface area is 86.1 Å². The minimum atomic E-state index is 0.195. The number of unbranched alkanes of at least 4 members (excludes halogenated alkanes) is 1. The molecule has 3 heteroatoms. The summed E-state index contributed by atoms with van der Waals surface area (Å²) in [7, 11) is 1.91. The molecule has 1 aliphatic carbocycles. The van der Waals surface area contributed by atoms with Crippen LogP contribution in [0.15, 0.2) is 0 Å². The van der Waals surface area contributed by atoms with Gasteiger partial charge in [-0.05, 0) is 25.7 Å². The fourth-order valence-electron chi connectivity index (χ4n) is 2.06. The molecule has 1 N–H and O–H groups in total. The van der Waals surface area contributed by atoms with Gasteiger partial charge in [0.2, 0.25) is 5.91 Å². The third kappa shape index (κ3) is 3.29. The van der Waals surface area contributed by atoms with Crippen molar-refractivity contribution in [3.8, 4) is 0 Å². The maximum Gasteiger partial charge on any atom is 0.222 e. The van der Waals surface area contributed by atoms with Gasteiger partial charge in [0.25, 0.3) is 0 Å². The largest absolute Gasteiger partial charge is 0.396 e. The van der Waals surface area contributed by atoms with E-state index in [1.54, 1.807) is 0 Å². The summed E-state index contributed by atoms with van der Waals surface area (Å²) in [6.45, 7) is 0.195. The Morgan fingerprint density at radius 3 is 2.57 bits per heavy atom. The predicted molar refractivity (Wildman–Crippen MR) is 56.0 cm³/mol. The van der Waals surface area contributed by atoms with Crippen LogP contribution < -0.4 is 0 Å². The molecule has 0 aromatic rings. The van der Waals surface area contributed by atoms with Gasteiger partial charge in [-0.15, -0.1) is 0 Å². The maximum absolute atomic E-state index is 11.6. The van der Waals surface area contributed by atoms with Crippen molar-refractivity contribution < 1.29 is 9.90 Å². The molecule has 0 aliphatic heterocycles. The highest BCUT2D eigenvalue weighted by Crippen LogP contribution is 2.22. The molecule has 0 atom stereocenters. The third-order valence-electron chi connectivity index (χ3n) is 3.06. The van der Waals surface area contributed by atoms with E-state index in [1.807, 2.05) is 11.9 Å². The minimum absolute atomic E-state index is 0.195. The smallest absolute Gasteiger partial charge is 0.222 e. The van der Waals surface area contributed by atoms with E-state index < -0.39 is 0 Å². The maximum atomic E-state index is 11.6. The van der Waals surface area contributed by atoms with Gasteiger partial charge in [0.15, 0.2) is 0 Å². The topological polar surface area (TPSA) is 40.5 Å². The molecular formula is C11H21NO2. The van der Waals surface area contributed by atoms with Crippen molar-refractivity contribution in [3.05, 3.63) is 0 Å². The Balaban J connectivity index is 2.21. The molecule has 1 amide bonds. The first-order valence-corrected chi connectivity index (χ1v) is 5.62. The third-order valence-corrected chi connectivity index (χ3v) is 3.06. The zero-order chi connectivity index (χ0) is 10.4. The quantitative estimate of drug-likeness (QED) is 0.682. The molecule has 0 unspecified atom stereocenters. The van der Waals surface area contributed by atoms with Crippen molar-refractivity contribution >= 4 is 5.91 Å². The summed E-state index contributed by atoms with van der Waals surface area (Å²) in [4.78, 5) is 13.6. The van der Waals surface area contributed by atoms with Crippen molar-refractivity contribution in [2.45, 2.75) is 51.0 Å². The van der Waals surface area contributed by atoms with Gasteiger partial charge in [0.05, 0.1) is 0 Å².